The Labute approximate surface area is 97.5 Å². The molecule has 0 aliphatic carbocycles. The van der Waals surface area contributed by atoms with Crippen molar-refractivity contribution in [1.82, 2.24) is 10.3 Å². The molecule has 0 radical (unpaired) electrons. The molecule has 0 bridgehead atoms. The molecule has 0 fully saturated rings. The minimum atomic E-state index is -0.219. The number of anilines is 2. The predicted octanol–water partition coefficient (Wildman–Crippen LogP) is 0.224. The zero-order valence-corrected chi connectivity index (χ0v) is 9.38. The standard InChI is InChI=1S/C10H14N4O3/c1-16-5-6(4-15)12-8-3-2-7(11)9-10(8)14-17-13-9/h2-3,6,12,15H,4-5,11H2,1H3. The normalized spacial score (nSPS) is 12.8. The van der Waals surface area contributed by atoms with Crippen LogP contribution in [0.2, 0.25) is 0 Å². The van der Waals surface area contributed by atoms with Gasteiger partial charge in [-0.3, -0.25) is 0 Å². The quantitative estimate of drug-likeness (QED) is 0.640. The Balaban J connectivity index is 2.29. The number of hydrogen-bond acceptors (Lipinski definition) is 7. The third-order valence-electron chi connectivity index (χ3n) is 2.39. The largest absolute Gasteiger partial charge is 0.397 e. The highest BCUT2D eigenvalue weighted by Gasteiger charge is 2.13. The minimum Gasteiger partial charge on any atom is -0.397 e. The van der Waals surface area contributed by atoms with Gasteiger partial charge < -0.3 is 20.9 Å². The van der Waals surface area contributed by atoms with E-state index in [1.165, 1.54) is 0 Å². The van der Waals surface area contributed by atoms with Crippen LogP contribution in [0.15, 0.2) is 16.8 Å². The topological polar surface area (TPSA) is 106 Å². The lowest BCUT2D eigenvalue weighted by molar-refractivity contribution is 0.153. The lowest BCUT2D eigenvalue weighted by Crippen LogP contribution is -2.28. The number of nitrogens with zero attached hydrogens (tertiary/aromatic N) is 2. The van der Waals surface area contributed by atoms with Crippen molar-refractivity contribution in [2.24, 2.45) is 0 Å². The molecule has 0 aliphatic rings. The summed E-state index contributed by atoms with van der Waals surface area (Å²) < 4.78 is 9.63. The number of nitrogens with two attached hydrogens (primary N) is 1. The SMILES string of the molecule is COCC(CO)Nc1ccc(N)c2nonc12. The maximum absolute atomic E-state index is 9.17. The van der Waals surface area contributed by atoms with Crippen molar-refractivity contribution >= 4 is 22.4 Å². The predicted molar refractivity (Wildman–Crippen MR) is 62.6 cm³/mol. The maximum atomic E-state index is 9.17. The van der Waals surface area contributed by atoms with Crippen molar-refractivity contribution in [3.63, 3.8) is 0 Å². The molecule has 92 valence electrons. The lowest BCUT2D eigenvalue weighted by Gasteiger charge is -2.16. The Morgan fingerprint density at radius 1 is 1.47 bits per heavy atom. The molecule has 7 nitrogen and oxygen atoms in total. The summed E-state index contributed by atoms with van der Waals surface area (Å²) in [5.41, 5.74) is 7.97. The molecule has 1 aromatic carbocycles. The third-order valence-corrected chi connectivity index (χ3v) is 2.39. The summed E-state index contributed by atoms with van der Waals surface area (Å²) in [6, 6.07) is 3.25. The van der Waals surface area contributed by atoms with E-state index in [4.69, 9.17) is 15.6 Å². The first kappa shape index (κ1) is 11.6. The van der Waals surface area contributed by atoms with Crippen LogP contribution in [-0.2, 0) is 4.74 Å². The second-order valence-corrected chi connectivity index (χ2v) is 3.64. The molecule has 17 heavy (non-hydrogen) atoms. The van der Waals surface area contributed by atoms with Gasteiger partial charge in [0.05, 0.1) is 30.6 Å². The molecule has 2 rings (SSSR count). The lowest BCUT2D eigenvalue weighted by atomic mass is 10.2. The van der Waals surface area contributed by atoms with Gasteiger partial charge in [-0.05, 0) is 22.4 Å². The number of fused-ring (bicyclic) bond motifs is 1. The van der Waals surface area contributed by atoms with E-state index < -0.39 is 0 Å². The average molecular weight is 238 g/mol. The maximum Gasteiger partial charge on any atom is 0.160 e. The van der Waals surface area contributed by atoms with Gasteiger partial charge in [-0.1, -0.05) is 0 Å². The van der Waals surface area contributed by atoms with Gasteiger partial charge in [0.2, 0.25) is 0 Å². The van der Waals surface area contributed by atoms with Gasteiger partial charge in [0.15, 0.2) is 11.0 Å². The summed E-state index contributed by atoms with van der Waals surface area (Å²) in [6.45, 7) is 0.332. The van der Waals surface area contributed by atoms with Gasteiger partial charge >= 0.3 is 0 Å². The van der Waals surface area contributed by atoms with Crippen LogP contribution in [0.1, 0.15) is 0 Å². The van der Waals surface area contributed by atoms with Crippen molar-refractivity contribution in [3.8, 4) is 0 Å². The van der Waals surface area contributed by atoms with Crippen LogP contribution < -0.4 is 11.1 Å². The van der Waals surface area contributed by atoms with Crippen molar-refractivity contribution in [1.29, 1.82) is 0 Å². The monoisotopic (exact) mass is 238 g/mol. The first-order valence-corrected chi connectivity index (χ1v) is 5.13. The Bertz CT molecular complexity index is 499. The smallest absolute Gasteiger partial charge is 0.160 e. The summed E-state index contributed by atoms with van der Waals surface area (Å²) in [7, 11) is 1.57. The Hall–Kier alpha value is -1.86. The number of nitrogen functional groups attached to an aromatic ring is 1. The number of ether oxygens (including phenoxy) is 1. The molecule has 1 aromatic heterocycles. The van der Waals surface area contributed by atoms with E-state index in [2.05, 4.69) is 20.3 Å². The van der Waals surface area contributed by atoms with Gasteiger partial charge in [-0.15, -0.1) is 0 Å². The van der Waals surface area contributed by atoms with Gasteiger partial charge in [0.25, 0.3) is 0 Å². The first-order chi connectivity index (χ1) is 8.26. The fourth-order valence-electron chi connectivity index (χ4n) is 1.56. The van der Waals surface area contributed by atoms with Crippen molar-refractivity contribution in [2.75, 3.05) is 31.4 Å². The summed E-state index contributed by atoms with van der Waals surface area (Å²) in [5.74, 6) is 0. The summed E-state index contributed by atoms with van der Waals surface area (Å²) in [5, 5.41) is 19.8. The summed E-state index contributed by atoms with van der Waals surface area (Å²) in [6.07, 6.45) is 0. The molecule has 7 heteroatoms. The Kier molecular flexibility index (Phi) is 3.40. The number of hydrogen-bond donors (Lipinski definition) is 3. The third kappa shape index (κ3) is 2.29. The van der Waals surface area contributed by atoms with Crippen LogP contribution >= 0.6 is 0 Å². The van der Waals surface area contributed by atoms with Gasteiger partial charge in [0.1, 0.15) is 0 Å². The fourth-order valence-corrected chi connectivity index (χ4v) is 1.56. The highest BCUT2D eigenvalue weighted by Crippen LogP contribution is 2.25. The first-order valence-electron chi connectivity index (χ1n) is 5.13. The van der Waals surface area contributed by atoms with E-state index in [0.717, 1.165) is 0 Å². The number of rotatable bonds is 5. The van der Waals surface area contributed by atoms with Gasteiger partial charge in [0, 0.05) is 7.11 Å². The molecular formula is C10H14N4O3. The van der Waals surface area contributed by atoms with E-state index in [0.29, 0.717) is 29.0 Å². The van der Waals surface area contributed by atoms with Crippen LogP contribution in [0.25, 0.3) is 11.0 Å². The number of nitrogens with one attached hydrogen (secondary N) is 1. The molecule has 4 N–H and O–H groups in total. The van der Waals surface area contributed by atoms with Crippen molar-refractivity contribution in [2.45, 2.75) is 6.04 Å². The molecular weight excluding hydrogens is 224 g/mol. The van der Waals surface area contributed by atoms with Crippen LogP contribution in [0.3, 0.4) is 0 Å². The number of methoxy groups -OCH3 is 1. The van der Waals surface area contributed by atoms with E-state index in [1.807, 2.05) is 0 Å². The molecule has 0 spiro atoms. The van der Waals surface area contributed by atoms with Gasteiger partial charge in [-0.2, -0.15) is 0 Å². The highest BCUT2D eigenvalue weighted by molar-refractivity contribution is 5.95. The second-order valence-electron chi connectivity index (χ2n) is 3.64. The Morgan fingerprint density at radius 3 is 2.94 bits per heavy atom. The molecule has 2 aromatic rings. The summed E-state index contributed by atoms with van der Waals surface area (Å²) >= 11 is 0. The van der Waals surface area contributed by atoms with Gasteiger partial charge in [-0.25, -0.2) is 4.63 Å². The zero-order valence-electron chi connectivity index (χ0n) is 9.38. The number of aromatic nitrogens is 2. The highest BCUT2D eigenvalue weighted by atomic mass is 16.6. The summed E-state index contributed by atoms with van der Waals surface area (Å²) in [4.78, 5) is 0. The molecule has 0 amide bonds. The van der Waals surface area contributed by atoms with Crippen LogP contribution in [-0.4, -0.2) is 41.8 Å². The molecule has 0 saturated carbocycles. The van der Waals surface area contributed by atoms with Crippen LogP contribution in [0.4, 0.5) is 11.4 Å². The fraction of sp³-hybridized carbons (Fsp3) is 0.400. The number of benzene rings is 1. The average Bonchev–Trinajstić information content (AvgIpc) is 2.82. The minimum absolute atomic E-state index is 0.0506. The van der Waals surface area contributed by atoms with E-state index in [9.17, 15) is 0 Å². The molecule has 1 atom stereocenters. The Morgan fingerprint density at radius 2 is 2.24 bits per heavy atom. The molecule has 0 aliphatic heterocycles. The zero-order chi connectivity index (χ0) is 12.3. The molecule has 0 saturated heterocycles. The van der Waals surface area contributed by atoms with Crippen molar-refractivity contribution < 1.29 is 14.5 Å². The molecule has 1 heterocycles. The molecule has 1 unspecified atom stereocenters. The van der Waals surface area contributed by atoms with E-state index in [1.54, 1.807) is 19.2 Å². The second kappa shape index (κ2) is 4.98. The number of aliphatic hydroxyl groups is 1. The number of aliphatic hydroxyl groups excluding tert-OH is 1. The van der Waals surface area contributed by atoms with Crippen LogP contribution in [0, 0.1) is 0 Å². The van der Waals surface area contributed by atoms with E-state index >= 15 is 0 Å². The van der Waals surface area contributed by atoms with E-state index in [-0.39, 0.29) is 12.6 Å². The van der Waals surface area contributed by atoms with Crippen molar-refractivity contribution in [3.05, 3.63) is 12.1 Å². The van der Waals surface area contributed by atoms with Crippen LogP contribution in [0.5, 0.6) is 0 Å².